The van der Waals surface area contributed by atoms with Crippen molar-refractivity contribution < 1.29 is 19.4 Å². The molecule has 2 aromatic rings. The van der Waals surface area contributed by atoms with Crippen molar-refractivity contribution in [2.24, 2.45) is 5.92 Å². The van der Waals surface area contributed by atoms with Gasteiger partial charge in [-0.2, -0.15) is 0 Å². The molecule has 130 valence electrons. The fourth-order valence-electron chi connectivity index (χ4n) is 3.00. The van der Waals surface area contributed by atoms with Gasteiger partial charge in [-0.3, -0.25) is 4.79 Å². The second kappa shape index (κ2) is 7.38. The van der Waals surface area contributed by atoms with Crippen LogP contribution < -0.4 is 10.1 Å². The van der Waals surface area contributed by atoms with Gasteiger partial charge in [-0.05, 0) is 54.2 Å². The minimum atomic E-state index is -0.933. The van der Waals surface area contributed by atoms with Crippen LogP contribution in [0.2, 0.25) is 0 Å². The molecule has 5 nitrogen and oxygen atoms in total. The van der Waals surface area contributed by atoms with Crippen LogP contribution in [0.1, 0.15) is 33.8 Å². The molecule has 2 unspecified atom stereocenters. The molecule has 0 saturated heterocycles. The van der Waals surface area contributed by atoms with Crippen LogP contribution in [0.15, 0.2) is 48.5 Å². The molecule has 2 atom stereocenters. The number of amides is 1. The summed E-state index contributed by atoms with van der Waals surface area (Å²) < 4.78 is 5.23. The summed E-state index contributed by atoms with van der Waals surface area (Å²) in [7, 11) is 1.64. The van der Waals surface area contributed by atoms with Gasteiger partial charge in [0, 0.05) is 12.5 Å². The number of aromatic carboxylic acids is 1. The third-order valence-electron chi connectivity index (χ3n) is 4.56. The number of rotatable bonds is 7. The number of carbonyl (C=O) groups is 2. The van der Waals surface area contributed by atoms with E-state index in [0.29, 0.717) is 13.0 Å². The molecule has 1 saturated carbocycles. The first-order chi connectivity index (χ1) is 12.1. The van der Waals surface area contributed by atoms with E-state index >= 15 is 0 Å². The number of hydrogen-bond donors (Lipinski definition) is 2. The lowest BCUT2D eigenvalue weighted by molar-refractivity contribution is -0.122. The Kier molecular flexibility index (Phi) is 5.03. The highest BCUT2D eigenvalue weighted by Crippen LogP contribution is 2.48. The Morgan fingerprint density at radius 3 is 2.64 bits per heavy atom. The first kappa shape index (κ1) is 17.0. The highest BCUT2D eigenvalue weighted by Gasteiger charge is 2.43. The van der Waals surface area contributed by atoms with Crippen LogP contribution in [-0.2, 0) is 11.2 Å². The summed E-state index contributed by atoms with van der Waals surface area (Å²) in [5.74, 6) is 0.256. The number of carbonyl (C=O) groups excluding carboxylic acids is 1. The van der Waals surface area contributed by atoms with E-state index in [1.807, 2.05) is 24.3 Å². The Hall–Kier alpha value is -2.82. The number of carboxylic acids is 1. The van der Waals surface area contributed by atoms with Crippen LogP contribution in [0.3, 0.4) is 0 Å². The van der Waals surface area contributed by atoms with Crippen molar-refractivity contribution in [2.75, 3.05) is 13.7 Å². The summed E-state index contributed by atoms with van der Waals surface area (Å²) in [6, 6.07) is 14.6. The Bertz CT molecular complexity index is 770. The van der Waals surface area contributed by atoms with Gasteiger partial charge in [0.05, 0.1) is 12.7 Å². The topological polar surface area (TPSA) is 75.6 Å². The molecule has 2 aromatic carbocycles. The Labute approximate surface area is 146 Å². The van der Waals surface area contributed by atoms with Crippen LogP contribution in [0.25, 0.3) is 0 Å². The highest BCUT2D eigenvalue weighted by atomic mass is 16.5. The molecule has 0 aliphatic heterocycles. The summed E-state index contributed by atoms with van der Waals surface area (Å²) in [5, 5.41) is 11.9. The van der Waals surface area contributed by atoms with E-state index in [9.17, 15) is 9.59 Å². The molecule has 0 radical (unpaired) electrons. The van der Waals surface area contributed by atoms with E-state index in [4.69, 9.17) is 9.84 Å². The average Bonchev–Trinajstić information content (AvgIpc) is 3.43. The largest absolute Gasteiger partial charge is 0.497 e. The van der Waals surface area contributed by atoms with Crippen molar-refractivity contribution in [1.29, 1.82) is 0 Å². The maximum absolute atomic E-state index is 12.3. The van der Waals surface area contributed by atoms with Gasteiger partial charge in [0.15, 0.2) is 0 Å². The molecule has 1 aliphatic rings. The quantitative estimate of drug-likeness (QED) is 0.813. The molecule has 0 bridgehead atoms. The van der Waals surface area contributed by atoms with E-state index in [-0.39, 0.29) is 23.3 Å². The van der Waals surface area contributed by atoms with E-state index in [2.05, 4.69) is 5.32 Å². The van der Waals surface area contributed by atoms with Gasteiger partial charge in [-0.1, -0.05) is 24.3 Å². The maximum atomic E-state index is 12.3. The number of methoxy groups -OCH3 is 1. The van der Waals surface area contributed by atoms with E-state index < -0.39 is 5.97 Å². The molecule has 3 rings (SSSR count). The Morgan fingerprint density at radius 2 is 1.96 bits per heavy atom. The number of ether oxygens (including phenoxy) is 1. The first-order valence-electron chi connectivity index (χ1n) is 8.32. The molecule has 25 heavy (non-hydrogen) atoms. The number of nitrogens with one attached hydrogen (secondary N) is 1. The lowest BCUT2D eigenvalue weighted by atomic mass is 10.1. The van der Waals surface area contributed by atoms with Gasteiger partial charge in [0.2, 0.25) is 5.91 Å². The number of carboxylic acid groups (broad SMARTS) is 1. The fourth-order valence-corrected chi connectivity index (χ4v) is 3.00. The molecule has 1 fully saturated rings. The smallest absolute Gasteiger partial charge is 0.335 e. The van der Waals surface area contributed by atoms with Crippen molar-refractivity contribution in [1.82, 2.24) is 5.32 Å². The summed E-state index contributed by atoms with van der Waals surface area (Å²) in [4.78, 5) is 23.1. The predicted molar refractivity (Wildman–Crippen MR) is 94.0 cm³/mol. The number of hydrogen-bond acceptors (Lipinski definition) is 3. The van der Waals surface area contributed by atoms with Crippen LogP contribution >= 0.6 is 0 Å². The van der Waals surface area contributed by atoms with Crippen molar-refractivity contribution in [2.45, 2.75) is 18.8 Å². The normalized spacial score (nSPS) is 18.4. The summed E-state index contributed by atoms with van der Waals surface area (Å²) >= 11 is 0. The Balaban J connectivity index is 1.46. The lowest BCUT2D eigenvalue weighted by Gasteiger charge is -2.06. The molecule has 0 aromatic heterocycles. The SMILES string of the molecule is COc1cccc(C2CC2C(=O)NCCc2ccc(C(=O)O)cc2)c1. The van der Waals surface area contributed by atoms with Gasteiger partial charge in [0.1, 0.15) is 5.75 Å². The molecule has 2 N–H and O–H groups in total. The van der Waals surface area contributed by atoms with E-state index in [1.165, 1.54) is 0 Å². The minimum absolute atomic E-state index is 0.0292. The second-order valence-corrected chi connectivity index (χ2v) is 6.27. The Morgan fingerprint density at radius 1 is 1.20 bits per heavy atom. The molecule has 0 spiro atoms. The van der Waals surface area contributed by atoms with Crippen molar-refractivity contribution in [3.63, 3.8) is 0 Å². The van der Waals surface area contributed by atoms with Crippen molar-refractivity contribution in [3.05, 3.63) is 65.2 Å². The van der Waals surface area contributed by atoms with Crippen LogP contribution in [0, 0.1) is 5.92 Å². The van der Waals surface area contributed by atoms with Crippen LogP contribution in [-0.4, -0.2) is 30.6 Å². The lowest BCUT2D eigenvalue weighted by Crippen LogP contribution is -2.27. The van der Waals surface area contributed by atoms with Gasteiger partial charge in [-0.15, -0.1) is 0 Å². The molecule has 1 amide bonds. The summed E-state index contributed by atoms with van der Waals surface area (Å²) in [6.45, 7) is 0.548. The second-order valence-electron chi connectivity index (χ2n) is 6.27. The van der Waals surface area contributed by atoms with Crippen LogP contribution in [0.5, 0.6) is 5.75 Å². The monoisotopic (exact) mass is 339 g/mol. The maximum Gasteiger partial charge on any atom is 0.335 e. The molecule has 1 aliphatic carbocycles. The summed E-state index contributed by atoms with van der Waals surface area (Å²) in [6.07, 6.45) is 1.55. The fraction of sp³-hybridized carbons (Fsp3) is 0.300. The van der Waals surface area contributed by atoms with Gasteiger partial charge >= 0.3 is 5.97 Å². The average molecular weight is 339 g/mol. The molecular formula is C20H21NO4. The molecule has 0 heterocycles. The standard InChI is InChI=1S/C20H21NO4/c1-25-16-4-2-3-15(11-16)17-12-18(17)19(22)21-10-9-13-5-7-14(8-6-13)20(23)24/h2-8,11,17-18H,9-10,12H2,1H3,(H,21,22)(H,23,24). The number of benzene rings is 2. The minimum Gasteiger partial charge on any atom is -0.497 e. The van der Waals surface area contributed by atoms with Gasteiger partial charge in [-0.25, -0.2) is 4.79 Å². The van der Waals surface area contributed by atoms with E-state index in [1.54, 1.807) is 31.4 Å². The molecular weight excluding hydrogens is 318 g/mol. The van der Waals surface area contributed by atoms with Gasteiger partial charge < -0.3 is 15.2 Å². The first-order valence-corrected chi connectivity index (χ1v) is 8.32. The highest BCUT2D eigenvalue weighted by molar-refractivity contribution is 5.87. The third-order valence-corrected chi connectivity index (χ3v) is 4.56. The molecule has 5 heteroatoms. The van der Waals surface area contributed by atoms with E-state index in [0.717, 1.165) is 23.3 Å². The predicted octanol–water partition coefficient (Wildman–Crippen LogP) is 2.86. The third kappa shape index (κ3) is 4.18. The van der Waals surface area contributed by atoms with Crippen LogP contribution in [0.4, 0.5) is 0 Å². The zero-order chi connectivity index (χ0) is 17.8. The van der Waals surface area contributed by atoms with Gasteiger partial charge in [0.25, 0.3) is 0 Å². The summed E-state index contributed by atoms with van der Waals surface area (Å²) in [5.41, 5.74) is 2.42. The van der Waals surface area contributed by atoms with Crippen molar-refractivity contribution in [3.8, 4) is 5.75 Å². The van der Waals surface area contributed by atoms with Crippen molar-refractivity contribution >= 4 is 11.9 Å². The zero-order valence-electron chi connectivity index (χ0n) is 14.1. The zero-order valence-corrected chi connectivity index (χ0v) is 14.1.